The number of phenolic OH excluding ortho intramolecular Hbond substituents is 1. The Morgan fingerprint density at radius 3 is 2.08 bits per heavy atom. The second-order valence-corrected chi connectivity index (χ2v) is 8.54. The Morgan fingerprint density at radius 1 is 0.919 bits per heavy atom. The molecule has 1 aromatic carbocycles. The van der Waals surface area contributed by atoms with Crippen LogP contribution in [-0.2, 0) is 28.8 Å². The standard InChI is InChI=1S/C24H34N6O7/c1-13(2)20(30-22(35)15(4)28-21(34)14(3)25)24(37)29-18(11-16-5-7-17(32)8-6-16)23(36)27-12-19(33)26-9-10-31/h5-8,10-11,13-15,20,32H,9,12,25H2,1-4H3,(H,26,33)(H,27,36)(H,28,34)(H,29,37)(H,30,35)/b18-11-/t14-,15-,20-/m0/s1. The van der Waals surface area contributed by atoms with Crippen LogP contribution < -0.4 is 32.3 Å². The lowest BCUT2D eigenvalue weighted by molar-refractivity contribution is -0.132. The van der Waals surface area contributed by atoms with E-state index in [4.69, 9.17) is 5.73 Å². The van der Waals surface area contributed by atoms with Crippen molar-refractivity contribution in [3.63, 3.8) is 0 Å². The number of hydrogen-bond donors (Lipinski definition) is 7. The van der Waals surface area contributed by atoms with Crippen molar-refractivity contribution >= 4 is 41.9 Å². The number of rotatable bonds is 13. The summed E-state index contributed by atoms with van der Waals surface area (Å²) in [6, 6.07) is 2.86. The summed E-state index contributed by atoms with van der Waals surface area (Å²) in [6.45, 7) is 5.57. The molecule has 0 spiro atoms. The monoisotopic (exact) mass is 518 g/mol. The molecule has 0 saturated carbocycles. The first-order valence-corrected chi connectivity index (χ1v) is 11.5. The van der Waals surface area contributed by atoms with E-state index >= 15 is 0 Å². The fraction of sp³-hybridized carbons (Fsp3) is 0.417. The smallest absolute Gasteiger partial charge is 0.268 e. The van der Waals surface area contributed by atoms with Crippen molar-refractivity contribution in [3.05, 3.63) is 35.5 Å². The number of nitrogens with two attached hydrogens (primary N) is 1. The Morgan fingerprint density at radius 2 is 1.54 bits per heavy atom. The van der Waals surface area contributed by atoms with Crippen LogP contribution in [0.3, 0.4) is 0 Å². The van der Waals surface area contributed by atoms with Crippen LogP contribution in [0.2, 0.25) is 0 Å². The van der Waals surface area contributed by atoms with Crippen molar-refractivity contribution in [1.82, 2.24) is 26.6 Å². The highest BCUT2D eigenvalue weighted by molar-refractivity contribution is 6.04. The zero-order valence-corrected chi connectivity index (χ0v) is 21.2. The Bertz CT molecular complexity index is 1020. The van der Waals surface area contributed by atoms with Gasteiger partial charge in [0, 0.05) is 0 Å². The average Bonchev–Trinajstić information content (AvgIpc) is 2.84. The first-order valence-electron chi connectivity index (χ1n) is 11.5. The second-order valence-electron chi connectivity index (χ2n) is 8.54. The van der Waals surface area contributed by atoms with Crippen molar-refractivity contribution in [2.24, 2.45) is 11.7 Å². The first kappa shape index (κ1) is 30.8. The molecule has 37 heavy (non-hydrogen) atoms. The van der Waals surface area contributed by atoms with Crippen LogP contribution in [0.4, 0.5) is 0 Å². The molecule has 8 N–H and O–H groups in total. The molecule has 0 heterocycles. The summed E-state index contributed by atoms with van der Waals surface area (Å²) in [7, 11) is 0. The zero-order valence-electron chi connectivity index (χ0n) is 21.2. The number of benzene rings is 1. The number of aromatic hydroxyl groups is 1. The van der Waals surface area contributed by atoms with E-state index in [1.54, 1.807) is 13.8 Å². The van der Waals surface area contributed by atoms with Crippen molar-refractivity contribution in [2.75, 3.05) is 13.1 Å². The Labute approximate surface area is 214 Å². The molecule has 1 aromatic rings. The van der Waals surface area contributed by atoms with Crippen LogP contribution in [0.15, 0.2) is 30.0 Å². The average molecular weight is 519 g/mol. The number of aldehydes is 1. The summed E-state index contributed by atoms with van der Waals surface area (Å²) in [6.07, 6.45) is 1.81. The summed E-state index contributed by atoms with van der Waals surface area (Å²) in [4.78, 5) is 72.4. The van der Waals surface area contributed by atoms with Gasteiger partial charge in [-0.15, -0.1) is 0 Å². The molecule has 0 bridgehead atoms. The third kappa shape index (κ3) is 10.9. The Hall–Kier alpha value is -4.26. The van der Waals surface area contributed by atoms with Gasteiger partial charge in [-0.25, -0.2) is 0 Å². The molecule has 0 saturated heterocycles. The van der Waals surface area contributed by atoms with Gasteiger partial charge in [0.25, 0.3) is 5.91 Å². The van der Waals surface area contributed by atoms with Gasteiger partial charge in [-0.3, -0.25) is 24.0 Å². The SMILES string of the molecule is CC(C)[C@H](NC(=O)[C@H](C)NC(=O)[C@H](C)N)C(=O)N/C(=C\c1ccc(O)cc1)C(=O)NCC(=O)NCC=O. The molecule has 0 aliphatic heterocycles. The highest BCUT2D eigenvalue weighted by atomic mass is 16.3. The van der Waals surface area contributed by atoms with Gasteiger partial charge in [-0.2, -0.15) is 0 Å². The maximum absolute atomic E-state index is 13.1. The molecule has 13 nitrogen and oxygen atoms in total. The molecule has 0 unspecified atom stereocenters. The summed E-state index contributed by atoms with van der Waals surface area (Å²) in [5, 5.41) is 21.6. The van der Waals surface area contributed by atoms with E-state index < -0.39 is 60.1 Å². The van der Waals surface area contributed by atoms with Crippen molar-refractivity contribution in [2.45, 2.75) is 45.8 Å². The van der Waals surface area contributed by atoms with Gasteiger partial charge in [0.05, 0.1) is 19.1 Å². The van der Waals surface area contributed by atoms with Crippen LogP contribution in [-0.4, -0.2) is 72.1 Å². The molecule has 3 atom stereocenters. The predicted octanol–water partition coefficient (Wildman–Crippen LogP) is -1.73. The van der Waals surface area contributed by atoms with Crippen LogP contribution in [0.1, 0.15) is 33.3 Å². The molecule has 0 aliphatic carbocycles. The van der Waals surface area contributed by atoms with Crippen LogP contribution in [0, 0.1) is 5.92 Å². The lowest BCUT2D eigenvalue weighted by Crippen LogP contribution is -2.56. The number of carbonyl (C=O) groups is 6. The lowest BCUT2D eigenvalue weighted by atomic mass is 10.0. The maximum Gasteiger partial charge on any atom is 0.268 e. The molecular weight excluding hydrogens is 484 g/mol. The normalized spacial score (nSPS) is 13.5. The molecule has 0 radical (unpaired) electrons. The molecule has 202 valence electrons. The molecule has 1 rings (SSSR count). The summed E-state index contributed by atoms with van der Waals surface area (Å²) < 4.78 is 0. The lowest BCUT2D eigenvalue weighted by Gasteiger charge is -2.24. The fourth-order valence-corrected chi connectivity index (χ4v) is 2.80. The topological polar surface area (TPSA) is 209 Å². The number of nitrogens with one attached hydrogen (secondary N) is 5. The molecule has 0 fully saturated rings. The molecule has 0 aliphatic rings. The fourth-order valence-electron chi connectivity index (χ4n) is 2.80. The largest absolute Gasteiger partial charge is 0.508 e. The van der Waals surface area contributed by atoms with Gasteiger partial charge in [0.2, 0.25) is 23.6 Å². The van der Waals surface area contributed by atoms with Gasteiger partial charge in [0.1, 0.15) is 29.8 Å². The van der Waals surface area contributed by atoms with Crippen molar-refractivity contribution in [3.8, 4) is 5.75 Å². The highest BCUT2D eigenvalue weighted by Gasteiger charge is 2.28. The third-order valence-corrected chi connectivity index (χ3v) is 4.91. The van der Waals surface area contributed by atoms with Gasteiger partial charge in [-0.1, -0.05) is 26.0 Å². The van der Waals surface area contributed by atoms with Crippen LogP contribution >= 0.6 is 0 Å². The van der Waals surface area contributed by atoms with E-state index in [-0.39, 0.29) is 18.0 Å². The minimum absolute atomic E-state index is 0.00754. The van der Waals surface area contributed by atoms with Gasteiger partial charge >= 0.3 is 0 Å². The van der Waals surface area contributed by atoms with Crippen molar-refractivity contribution < 1.29 is 33.9 Å². The minimum Gasteiger partial charge on any atom is -0.508 e. The number of phenols is 1. The van der Waals surface area contributed by atoms with E-state index in [0.717, 1.165) is 0 Å². The minimum atomic E-state index is -1.09. The zero-order chi connectivity index (χ0) is 28.1. The number of amides is 5. The second kappa shape index (κ2) is 15.0. The van der Waals surface area contributed by atoms with Crippen molar-refractivity contribution in [1.29, 1.82) is 0 Å². The van der Waals surface area contributed by atoms with Gasteiger partial charge in [-0.05, 0) is 43.5 Å². The molecule has 13 heteroatoms. The van der Waals surface area contributed by atoms with Crippen LogP contribution in [0.25, 0.3) is 6.08 Å². The predicted molar refractivity (Wildman–Crippen MR) is 134 cm³/mol. The Balaban J connectivity index is 3.08. The summed E-state index contributed by atoms with van der Waals surface area (Å²) in [5.41, 5.74) is 5.71. The number of carbonyl (C=O) groups excluding carboxylic acids is 6. The van der Waals surface area contributed by atoms with Gasteiger partial charge < -0.3 is 42.2 Å². The quantitative estimate of drug-likeness (QED) is 0.118. The first-order chi connectivity index (χ1) is 17.3. The summed E-state index contributed by atoms with van der Waals surface area (Å²) in [5.74, 6) is -3.75. The van der Waals surface area contributed by atoms with Gasteiger partial charge in [0.15, 0.2) is 0 Å². The third-order valence-electron chi connectivity index (χ3n) is 4.91. The van der Waals surface area contributed by atoms with E-state index in [0.29, 0.717) is 11.8 Å². The van der Waals surface area contributed by atoms with E-state index in [2.05, 4.69) is 26.6 Å². The van der Waals surface area contributed by atoms with Crippen LogP contribution in [0.5, 0.6) is 5.75 Å². The number of hydrogen-bond acceptors (Lipinski definition) is 8. The summed E-state index contributed by atoms with van der Waals surface area (Å²) >= 11 is 0. The molecular formula is C24H34N6O7. The Kier molecular flexibility index (Phi) is 12.5. The van der Waals surface area contributed by atoms with E-state index in [9.17, 15) is 33.9 Å². The molecule has 0 aromatic heterocycles. The maximum atomic E-state index is 13.1. The molecule has 5 amide bonds. The van der Waals surface area contributed by atoms with E-state index in [1.807, 2.05) is 0 Å². The highest BCUT2D eigenvalue weighted by Crippen LogP contribution is 2.13. The van der Waals surface area contributed by atoms with E-state index in [1.165, 1.54) is 44.2 Å².